The Labute approximate surface area is 86.5 Å². The molecule has 0 saturated carbocycles. The Hall–Kier alpha value is -0.840. The molecule has 14 heavy (non-hydrogen) atoms. The summed E-state index contributed by atoms with van der Waals surface area (Å²) in [7, 11) is 1.44. The van der Waals surface area contributed by atoms with Gasteiger partial charge < -0.3 is 9.57 Å². The van der Waals surface area contributed by atoms with Gasteiger partial charge in [-0.1, -0.05) is 17.7 Å². The van der Waals surface area contributed by atoms with Gasteiger partial charge in [-0.3, -0.25) is 0 Å². The molecule has 0 aliphatic heterocycles. The van der Waals surface area contributed by atoms with E-state index < -0.39 is 5.82 Å². The highest BCUT2D eigenvalue weighted by atomic mass is 35.5. The van der Waals surface area contributed by atoms with E-state index in [-0.39, 0.29) is 5.02 Å². The first kappa shape index (κ1) is 11.2. The van der Waals surface area contributed by atoms with Crippen molar-refractivity contribution in [2.45, 2.75) is 6.42 Å². The van der Waals surface area contributed by atoms with Crippen molar-refractivity contribution in [1.29, 1.82) is 0 Å². The Morgan fingerprint density at radius 3 is 2.79 bits per heavy atom. The lowest BCUT2D eigenvalue weighted by Gasteiger charge is -2.09. The molecule has 0 amide bonds. The summed E-state index contributed by atoms with van der Waals surface area (Å²) in [4.78, 5) is 4.42. The summed E-state index contributed by atoms with van der Waals surface area (Å²) in [6.45, 7) is 0.332. The molecule has 0 saturated heterocycles. The van der Waals surface area contributed by atoms with Crippen LogP contribution in [0.2, 0.25) is 5.02 Å². The highest BCUT2D eigenvalue weighted by Gasteiger charge is 2.11. The van der Waals surface area contributed by atoms with Gasteiger partial charge in [0.05, 0.1) is 13.7 Å². The first-order valence-corrected chi connectivity index (χ1v) is 4.41. The topological polar surface area (TPSA) is 44.5 Å². The van der Waals surface area contributed by atoms with Crippen molar-refractivity contribution in [2.24, 2.45) is 5.90 Å². The molecule has 0 unspecified atom stereocenters. The zero-order valence-electron chi connectivity index (χ0n) is 7.72. The molecule has 0 atom stereocenters. The Morgan fingerprint density at radius 1 is 1.50 bits per heavy atom. The summed E-state index contributed by atoms with van der Waals surface area (Å²) in [5.41, 5.74) is 0.768. The summed E-state index contributed by atoms with van der Waals surface area (Å²) < 4.78 is 18.0. The Morgan fingerprint density at radius 2 is 2.21 bits per heavy atom. The minimum atomic E-state index is -0.499. The number of hydrogen-bond donors (Lipinski definition) is 1. The van der Waals surface area contributed by atoms with Crippen molar-refractivity contribution >= 4 is 11.6 Å². The van der Waals surface area contributed by atoms with Gasteiger partial charge in [-0.2, -0.15) is 0 Å². The maximum Gasteiger partial charge on any atom is 0.145 e. The summed E-state index contributed by atoms with van der Waals surface area (Å²) in [5, 5.41) is -0.0120. The van der Waals surface area contributed by atoms with Crippen LogP contribution < -0.4 is 10.6 Å². The van der Waals surface area contributed by atoms with Crippen molar-refractivity contribution in [1.82, 2.24) is 0 Å². The van der Waals surface area contributed by atoms with Gasteiger partial charge >= 0.3 is 0 Å². The van der Waals surface area contributed by atoms with Crippen molar-refractivity contribution in [3.63, 3.8) is 0 Å². The number of hydrogen-bond acceptors (Lipinski definition) is 3. The molecule has 0 bridgehead atoms. The van der Waals surface area contributed by atoms with Crippen molar-refractivity contribution in [3.05, 3.63) is 28.5 Å². The SMILES string of the molecule is COc1c(CCON)ccc(F)c1Cl. The minimum absolute atomic E-state index is 0.0120. The molecule has 5 heteroatoms. The van der Waals surface area contributed by atoms with E-state index >= 15 is 0 Å². The highest BCUT2D eigenvalue weighted by Crippen LogP contribution is 2.31. The third-order valence-corrected chi connectivity index (χ3v) is 2.18. The van der Waals surface area contributed by atoms with E-state index in [0.717, 1.165) is 5.56 Å². The Bertz CT molecular complexity index is 320. The monoisotopic (exact) mass is 219 g/mol. The van der Waals surface area contributed by atoms with Crippen LogP contribution in [0, 0.1) is 5.82 Å². The van der Waals surface area contributed by atoms with Crippen LogP contribution in [-0.2, 0) is 11.3 Å². The van der Waals surface area contributed by atoms with Crippen LogP contribution >= 0.6 is 11.6 Å². The van der Waals surface area contributed by atoms with Crippen molar-refractivity contribution in [3.8, 4) is 5.75 Å². The molecule has 0 fully saturated rings. The van der Waals surface area contributed by atoms with Crippen LogP contribution in [0.25, 0.3) is 0 Å². The quantitative estimate of drug-likeness (QED) is 0.787. The smallest absolute Gasteiger partial charge is 0.145 e. The van der Waals surface area contributed by atoms with Gasteiger partial charge in [0.15, 0.2) is 0 Å². The molecule has 0 aromatic heterocycles. The molecule has 0 aliphatic rings. The van der Waals surface area contributed by atoms with E-state index in [4.69, 9.17) is 22.2 Å². The fraction of sp³-hybridized carbons (Fsp3) is 0.333. The molecule has 1 aromatic carbocycles. The summed E-state index contributed by atoms with van der Waals surface area (Å²) >= 11 is 5.71. The zero-order valence-corrected chi connectivity index (χ0v) is 8.47. The molecule has 2 N–H and O–H groups in total. The number of benzene rings is 1. The Kier molecular flexibility index (Phi) is 4.13. The van der Waals surface area contributed by atoms with E-state index in [1.807, 2.05) is 0 Å². The van der Waals surface area contributed by atoms with Crippen LogP contribution in [0.4, 0.5) is 4.39 Å². The van der Waals surface area contributed by atoms with E-state index in [0.29, 0.717) is 18.8 Å². The van der Waals surface area contributed by atoms with Gasteiger partial charge in [0.2, 0.25) is 0 Å². The summed E-state index contributed by atoms with van der Waals surface area (Å²) in [6.07, 6.45) is 0.527. The van der Waals surface area contributed by atoms with Crippen LogP contribution in [0.1, 0.15) is 5.56 Å². The second-order valence-corrected chi connectivity index (χ2v) is 3.05. The highest BCUT2D eigenvalue weighted by molar-refractivity contribution is 6.32. The Balaban J connectivity index is 2.98. The molecular weight excluding hydrogens is 209 g/mol. The predicted octanol–water partition coefficient (Wildman–Crippen LogP) is 1.92. The van der Waals surface area contributed by atoms with Gasteiger partial charge in [0.25, 0.3) is 0 Å². The lowest BCUT2D eigenvalue weighted by Crippen LogP contribution is -2.05. The molecule has 1 rings (SSSR count). The third kappa shape index (κ3) is 2.35. The summed E-state index contributed by atoms with van der Waals surface area (Å²) in [6, 6.07) is 2.88. The maximum absolute atomic E-state index is 13.0. The van der Waals surface area contributed by atoms with Gasteiger partial charge in [-0.15, -0.1) is 0 Å². The van der Waals surface area contributed by atoms with Crippen molar-refractivity contribution in [2.75, 3.05) is 13.7 Å². The van der Waals surface area contributed by atoms with E-state index in [9.17, 15) is 4.39 Å². The number of halogens is 2. The average Bonchev–Trinajstić information content (AvgIpc) is 2.20. The number of nitrogens with two attached hydrogens (primary N) is 1. The normalized spacial score (nSPS) is 10.3. The molecule has 1 aromatic rings. The fourth-order valence-electron chi connectivity index (χ4n) is 1.16. The van der Waals surface area contributed by atoms with Crippen LogP contribution in [-0.4, -0.2) is 13.7 Å². The van der Waals surface area contributed by atoms with Crippen LogP contribution in [0.3, 0.4) is 0 Å². The van der Waals surface area contributed by atoms with E-state index in [2.05, 4.69) is 4.84 Å². The molecule has 0 radical (unpaired) electrons. The lowest BCUT2D eigenvalue weighted by atomic mass is 10.1. The van der Waals surface area contributed by atoms with Crippen LogP contribution in [0.5, 0.6) is 5.75 Å². The zero-order chi connectivity index (χ0) is 10.6. The molecule has 0 heterocycles. The minimum Gasteiger partial charge on any atom is -0.495 e. The second kappa shape index (κ2) is 5.14. The van der Waals surface area contributed by atoms with E-state index in [1.54, 1.807) is 6.07 Å². The molecular formula is C9H11ClFNO2. The van der Waals surface area contributed by atoms with E-state index in [1.165, 1.54) is 13.2 Å². The molecule has 78 valence electrons. The largest absolute Gasteiger partial charge is 0.495 e. The van der Waals surface area contributed by atoms with Gasteiger partial charge in [0, 0.05) is 6.42 Å². The molecule has 0 aliphatic carbocycles. The predicted molar refractivity (Wildman–Crippen MR) is 51.8 cm³/mol. The molecule has 0 spiro atoms. The number of methoxy groups -OCH3 is 1. The number of rotatable bonds is 4. The second-order valence-electron chi connectivity index (χ2n) is 2.67. The van der Waals surface area contributed by atoms with Gasteiger partial charge in [0.1, 0.15) is 16.6 Å². The van der Waals surface area contributed by atoms with Crippen molar-refractivity contribution < 1.29 is 14.0 Å². The lowest BCUT2D eigenvalue weighted by molar-refractivity contribution is 0.140. The first-order chi connectivity index (χ1) is 6.70. The standard InChI is InChI=1S/C9H11ClFNO2/c1-13-9-6(4-5-14-12)2-3-7(11)8(9)10/h2-3H,4-5,12H2,1H3. The first-order valence-electron chi connectivity index (χ1n) is 4.03. The van der Waals surface area contributed by atoms with Gasteiger partial charge in [-0.05, 0) is 11.6 Å². The fourth-order valence-corrected chi connectivity index (χ4v) is 1.42. The third-order valence-electron chi connectivity index (χ3n) is 1.82. The van der Waals surface area contributed by atoms with Gasteiger partial charge in [-0.25, -0.2) is 10.3 Å². The number of ether oxygens (including phenoxy) is 1. The van der Waals surface area contributed by atoms with Crippen LogP contribution in [0.15, 0.2) is 12.1 Å². The average molecular weight is 220 g/mol. The summed E-state index contributed by atoms with van der Waals surface area (Å²) in [5.74, 6) is 4.73. The molecule has 3 nitrogen and oxygen atoms in total. The maximum atomic E-state index is 13.0.